The molecular formula is C12H16ClN3. The Labute approximate surface area is 102 Å². The van der Waals surface area contributed by atoms with E-state index in [1.807, 2.05) is 7.05 Å². The molecule has 1 heterocycles. The average Bonchev–Trinajstić information content (AvgIpc) is 2.29. The largest absolute Gasteiger partial charge is 0.357 e. The summed E-state index contributed by atoms with van der Waals surface area (Å²) in [4.78, 5) is 6.31. The van der Waals surface area contributed by atoms with Crippen molar-refractivity contribution in [3.8, 4) is 6.07 Å². The standard InChI is InChI=1S/C12H16ClN3/c1-4-10(5-2)16(3)12-7-9(8-14)6-11(13)15-12/h6-7,10H,4-5H2,1-3H3. The van der Waals surface area contributed by atoms with Crippen LogP contribution in [0.25, 0.3) is 0 Å². The Morgan fingerprint density at radius 2 is 2.06 bits per heavy atom. The lowest BCUT2D eigenvalue weighted by Crippen LogP contribution is -2.31. The molecule has 16 heavy (non-hydrogen) atoms. The Bertz CT molecular complexity index is 394. The Hall–Kier alpha value is -1.27. The van der Waals surface area contributed by atoms with E-state index in [0.29, 0.717) is 16.8 Å². The maximum absolute atomic E-state index is 8.87. The van der Waals surface area contributed by atoms with Gasteiger partial charge >= 0.3 is 0 Å². The number of nitrogens with zero attached hydrogens (tertiary/aromatic N) is 3. The predicted molar refractivity (Wildman–Crippen MR) is 66.7 cm³/mol. The number of anilines is 1. The first kappa shape index (κ1) is 12.8. The van der Waals surface area contributed by atoms with Crippen LogP contribution in [0.15, 0.2) is 12.1 Å². The van der Waals surface area contributed by atoms with Crippen molar-refractivity contribution in [2.75, 3.05) is 11.9 Å². The van der Waals surface area contributed by atoms with E-state index < -0.39 is 0 Å². The Morgan fingerprint density at radius 1 is 1.44 bits per heavy atom. The van der Waals surface area contributed by atoms with Crippen molar-refractivity contribution in [3.05, 3.63) is 22.8 Å². The van der Waals surface area contributed by atoms with Gasteiger partial charge in [-0.15, -0.1) is 0 Å². The molecule has 0 amide bonds. The van der Waals surface area contributed by atoms with Gasteiger partial charge < -0.3 is 4.90 Å². The van der Waals surface area contributed by atoms with E-state index >= 15 is 0 Å². The third-order valence-corrected chi connectivity index (χ3v) is 2.95. The SMILES string of the molecule is CCC(CC)N(C)c1cc(C#N)cc(Cl)n1. The molecule has 1 rings (SSSR count). The highest BCUT2D eigenvalue weighted by molar-refractivity contribution is 6.29. The molecule has 0 bridgehead atoms. The van der Waals surface area contributed by atoms with E-state index in [9.17, 15) is 0 Å². The van der Waals surface area contributed by atoms with Crippen LogP contribution in [0.4, 0.5) is 5.82 Å². The molecule has 4 heteroatoms. The van der Waals surface area contributed by atoms with Crippen molar-refractivity contribution in [2.45, 2.75) is 32.7 Å². The molecule has 0 aliphatic carbocycles. The molecule has 0 aliphatic rings. The summed E-state index contributed by atoms with van der Waals surface area (Å²) in [6, 6.07) is 5.86. The summed E-state index contributed by atoms with van der Waals surface area (Å²) in [6.45, 7) is 4.28. The molecule has 1 aromatic heterocycles. The fraction of sp³-hybridized carbons (Fsp3) is 0.500. The Balaban J connectivity index is 3.03. The fourth-order valence-corrected chi connectivity index (χ4v) is 1.96. The number of halogens is 1. The zero-order valence-corrected chi connectivity index (χ0v) is 10.6. The molecule has 86 valence electrons. The molecule has 1 aromatic rings. The van der Waals surface area contributed by atoms with E-state index in [1.54, 1.807) is 12.1 Å². The summed E-state index contributed by atoms with van der Waals surface area (Å²) in [7, 11) is 1.98. The van der Waals surface area contributed by atoms with Crippen molar-refractivity contribution in [3.63, 3.8) is 0 Å². The Morgan fingerprint density at radius 3 is 2.56 bits per heavy atom. The lowest BCUT2D eigenvalue weighted by molar-refractivity contribution is 0.587. The third-order valence-electron chi connectivity index (χ3n) is 2.76. The van der Waals surface area contributed by atoms with Crippen molar-refractivity contribution in [1.82, 2.24) is 4.98 Å². The highest BCUT2D eigenvalue weighted by Crippen LogP contribution is 2.20. The summed E-state index contributed by atoms with van der Waals surface area (Å²) in [5.74, 6) is 0.762. The predicted octanol–water partition coefficient (Wildman–Crippen LogP) is 3.23. The van der Waals surface area contributed by atoms with Crippen LogP contribution in [-0.4, -0.2) is 18.1 Å². The van der Waals surface area contributed by atoms with Crippen molar-refractivity contribution in [2.24, 2.45) is 0 Å². The lowest BCUT2D eigenvalue weighted by atomic mass is 10.1. The minimum absolute atomic E-state index is 0.367. The van der Waals surface area contributed by atoms with Crippen LogP contribution in [0.3, 0.4) is 0 Å². The van der Waals surface area contributed by atoms with Crippen molar-refractivity contribution >= 4 is 17.4 Å². The van der Waals surface area contributed by atoms with Gasteiger partial charge in [0.25, 0.3) is 0 Å². The molecule has 0 saturated heterocycles. The maximum atomic E-state index is 8.87. The molecule has 0 aliphatic heterocycles. The number of pyridine rings is 1. The van der Waals surface area contributed by atoms with Gasteiger partial charge in [-0.05, 0) is 25.0 Å². The quantitative estimate of drug-likeness (QED) is 0.755. The van der Waals surface area contributed by atoms with Gasteiger partial charge in [-0.3, -0.25) is 0 Å². The molecule has 3 nitrogen and oxygen atoms in total. The molecule has 0 N–H and O–H groups in total. The van der Waals surface area contributed by atoms with Gasteiger partial charge in [0.15, 0.2) is 0 Å². The van der Waals surface area contributed by atoms with Gasteiger partial charge in [-0.1, -0.05) is 25.4 Å². The summed E-state index contributed by atoms with van der Waals surface area (Å²) >= 11 is 5.88. The van der Waals surface area contributed by atoms with Gasteiger partial charge in [0.2, 0.25) is 0 Å². The second-order valence-electron chi connectivity index (χ2n) is 3.73. The lowest BCUT2D eigenvalue weighted by Gasteiger charge is -2.27. The molecule has 0 spiro atoms. The highest BCUT2D eigenvalue weighted by atomic mass is 35.5. The van der Waals surface area contributed by atoms with Gasteiger partial charge in [-0.25, -0.2) is 4.98 Å². The van der Waals surface area contributed by atoms with Gasteiger partial charge in [0.1, 0.15) is 11.0 Å². The number of hydrogen-bond acceptors (Lipinski definition) is 3. The molecule has 0 aromatic carbocycles. The van der Waals surface area contributed by atoms with Crippen LogP contribution in [0.1, 0.15) is 32.3 Å². The topological polar surface area (TPSA) is 39.9 Å². The highest BCUT2D eigenvalue weighted by Gasteiger charge is 2.13. The van der Waals surface area contributed by atoms with Gasteiger partial charge in [0, 0.05) is 13.1 Å². The first-order valence-corrected chi connectivity index (χ1v) is 5.80. The number of nitriles is 1. The van der Waals surface area contributed by atoms with Gasteiger partial charge in [0.05, 0.1) is 11.6 Å². The molecule has 0 atom stereocenters. The van der Waals surface area contributed by atoms with Gasteiger partial charge in [-0.2, -0.15) is 5.26 Å². The van der Waals surface area contributed by atoms with E-state index in [2.05, 4.69) is 29.8 Å². The normalized spacial score (nSPS) is 10.2. The van der Waals surface area contributed by atoms with Crippen molar-refractivity contribution in [1.29, 1.82) is 5.26 Å². The summed E-state index contributed by atoms with van der Waals surface area (Å²) < 4.78 is 0. The summed E-state index contributed by atoms with van der Waals surface area (Å²) in [6.07, 6.45) is 2.09. The monoisotopic (exact) mass is 237 g/mol. The molecule has 0 saturated carbocycles. The zero-order chi connectivity index (χ0) is 12.1. The fourth-order valence-electron chi connectivity index (χ4n) is 1.75. The van der Waals surface area contributed by atoms with Crippen LogP contribution in [0, 0.1) is 11.3 Å². The van der Waals surface area contributed by atoms with Crippen molar-refractivity contribution < 1.29 is 0 Å². The maximum Gasteiger partial charge on any atom is 0.132 e. The average molecular weight is 238 g/mol. The van der Waals surface area contributed by atoms with E-state index in [0.717, 1.165) is 18.7 Å². The van der Waals surface area contributed by atoms with Crippen LogP contribution in [0.2, 0.25) is 5.15 Å². The zero-order valence-electron chi connectivity index (χ0n) is 9.87. The first-order chi connectivity index (χ1) is 7.62. The van der Waals surface area contributed by atoms with E-state index in [4.69, 9.17) is 16.9 Å². The third kappa shape index (κ3) is 2.86. The summed E-state index contributed by atoms with van der Waals surface area (Å²) in [5, 5.41) is 9.23. The number of rotatable bonds is 4. The molecule has 0 fully saturated rings. The minimum atomic E-state index is 0.367. The van der Waals surface area contributed by atoms with Crippen LogP contribution < -0.4 is 4.90 Å². The van der Waals surface area contributed by atoms with Crippen LogP contribution >= 0.6 is 11.6 Å². The Kier molecular flexibility index (Phi) is 4.57. The minimum Gasteiger partial charge on any atom is -0.357 e. The van der Waals surface area contributed by atoms with Crippen LogP contribution in [-0.2, 0) is 0 Å². The van der Waals surface area contributed by atoms with E-state index in [1.165, 1.54) is 0 Å². The smallest absolute Gasteiger partial charge is 0.132 e. The number of hydrogen-bond donors (Lipinski definition) is 0. The molecular weight excluding hydrogens is 222 g/mol. The summed E-state index contributed by atoms with van der Waals surface area (Å²) in [5.41, 5.74) is 0.549. The number of aromatic nitrogens is 1. The second kappa shape index (κ2) is 5.72. The molecule has 0 radical (unpaired) electrons. The van der Waals surface area contributed by atoms with E-state index in [-0.39, 0.29) is 0 Å². The first-order valence-electron chi connectivity index (χ1n) is 5.42. The van der Waals surface area contributed by atoms with Crippen LogP contribution in [0.5, 0.6) is 0 Å². The second-order valence-corrected chi connectivity index (χ2v) is 4.12. The molecule has 0 unspecified atom stereocenters.